The van der Waals surface area contributed by atoms with E-state index >= 15 is 0 Å². The van der Waals surface area contributed by atoms with Crippen molar-refractivity contribution < 1.29 is 0 Å². The molecule has 0 aromatic carbocycles. The summed E-state index contributed by atoms with van der Waals surface area (Å²) in [6.07, 6.45) is 8.80. The van der Waals surface area contributed by atoms with Gasteiger partial charge in [0.2, 0.25) is 0 Å². The number of nitrogens with zero attached hydrogens (tertiary/aromatic N) is 2. The highest BCUT2D eigenvalue weighted by Gasteiger charge is 2.41. The molecule has 3 heteroatoms. The minimum Gasteiger partial charge on any atom is -0.396 e. The van der Waals surface area contributed by atoms with Crippen molar-refractivity contribution in [3.63, 3.8) is 0 Å². The summed E-state index contributed by atoms with van der Waals surface area (Å²) >= 11 is 0. The molecule has 1 aromatic rings. The zero-order valence-corrected chi connectivity index (χ0v) is 10.9. The number of anilines is 2. The van der Waals surface area contributed by atoms with Gasteiger partial charge in [0.05, 0.1) is 17.6 Å². The van der Waals surface area contributed by atoms with Gasteiger partial charge in [-0.15, -0.1) is 0 Å². The summed E-state index contributed by atoms with van der Waals surface area (Å²) in [7, 11) is 0. The first-order chi connectivity index (χ1) is 8.21. The van der Waals surface area contributed by atoms with Crippen molar-refractivity contribution >= 4 is 11.4 Å². The minimum atomic E-state index is 0.541. The fourth-order valence-corrected chi connectivity index (χ4v) is 3.12. The number of pyridine rings is 1. The van der Waals surface area contributed by atoms with Crippen LogP contribution in [0.2, 0.25) is 0 Å². The number of rotatable bonds is 5. The van der Waals surface area contributed by atoms with Crippen LogP contribution in [0.1, 0.15) is 39.5 Å². The van der Waals surface area contributed by atoms with Gasteiger partial charge in [-0.1, -0.05) is 26.7 Å². The Hall–Kier alpha value is -1.25. The second-order valence-electron chi connectivity index (χ2n) is 5.29. The van der Waals surface area contributed by atoms with Gasteiger partial charge in [0, 0.05) is 24.7 Å². The number of hydrogen-bond donors (Lipinski definition) is 1. The lowest BCUT2D eigenvalue weighted by atomic mass is 9.72. The lowest BCUT2D eigenvalue weighted by Gasteiger charge is -2.52. The summed E-state index contributed by atoms with van der Waals surface area (Å²) in [6.45, 7) is 6.87. The van der Waals surface area contributed by atoms with E-state index in [4.69, 9.17) is 5.73 Å². The second kappa shape index (κ2) is 4.94. The van der Waals surface area contributed by atoms with Crippen LogP contribution in [0.4, 0.5) is 11.4 Å². The Morgan fingerprint density at radius 3 is 2.47 bits per heavy atom. The van der Waals surface area contributed by atoms with Gasteiger partial charge in [-0.25, -0.2) is 0 Å². The van der Waals surface area contributed by atoms with Crippen molar-refractivity contribution in [1.82, 2.24) is 4.98 Å². The summed E-state index contributed by atoms with van der Waals surface area (Å²) in [5.74, 6) is 0. The first-order valence-electron chi connectivity index (χ1n) is 6.65. The molecule has 2 N–H and O–H groups in total. The molecule has 94 valence electrons. The number of nitrogens with two attached hydrogens (primary N) is 1. The van der Waals surface area contributed by atoms with Crippen LogP contribution in [-0.2, 0) is 0 Å². The first kappa shape index (κ1) is 12.2. The topological polar surface area (TPSA) is 42.2 Å². The van der Waals surface area contributed by atoms with Gasteiger partial charge in [-0.05, 0) is 18.9 Å². The van der Waals surface area contributed by atoms with E-state index in [1.54, 1.807) is 6.20 Å². The SMILES string of the molecule is CCCC1(CCC)CN(c2ccncc2N)C1. The van der Waals surface area contributed by atoms with Gasteiger partial charge in [-0.2, -0.15) is 0 Å². The molecule has 3 nitrogen and oxygen atoms in total. The molecule has 2 rings (SSSR count). The van der Waals surface area contributed by atoms with E-state index in [1.165, 1.54) is 25.7 Å². The second-order valence-corrected chi connectivity index (χ2v) is 5.29. The predicted octanol–water partition coefficient (Wildman–Crippen LogP) is 3.07. The average molecular weight is 233 g/mol. The molecule has 2 heterocycles. The van der Waals surface area contributed by atoms with E-state index in [0.717, 1.165) is 24.5 Å². The van der Waals surface area contributed by atoms with Crippen LogP contribution in [0.5, 0.6) is 0 Å². The van der Waals surface area contributed by atoms with E-state index < -0.39 is 0 Å². The third-order valence-electron chi connectivity index (χ3n) is 3.78. The van der Waals surface area contributed by atoms with Crippen molar-refractivity contribution in [2.24, 2.45) is 5.41 Å². The Morgan fingerprint density at radius 2 is 1.94 bits per heavy atom. The summed E-state index contributed by atoms with van der Waals surface area (Å²) < 4.78 is 0. The monoisotopic (exact) mass is 233 g/mol. The summed E-state index contributed by atoms with van der Waals surface area (Å²) in [4.78, 5) is 6.43. The highest BCUT2D eigenvalue weighted by atomic mass is 15.2. The molecular formula is C14H23N3. The zero-order chi connectivity index (χ0) is 12.3. The number of aromatic nitrogens is 1. The predicted molar refractivity (Wildman–Crippen MR) is 73.1 cm³/mol. The highest BCUT2D eigenvalue weighted by molar-refractivity contribution is 5.67. The van der Waals surface area contributed by atoms with Crippen LogP contribution >= 0.6 is 0 Å². The molecule has 0 spiro atoms. The number of hydrogen-bond acceptors (Lipinski definition) is 3. The van der Waals surface area contributed by atoms with Gasteiger partial charge in [0.25, 0.3) is 0 Å². The Labute approximate surface area is 104 Å². The maximum absolute atomic E-state index is 5.96. The highest BCUT2D eigenvalue weighted by Crippen LogP contribution is 2.43. The van der Waals surface area contributed by atoms with Crippen LogP contribution in [0.3, 0.4) is 0 Å². The van der Waals surface area contributed by atoms with Crippen LogP contribution in [-0.4, -0.2) is 18.1 Å². The van der Waals surface area contributed by atoms with E-state index in [9.17, 15) is 0 Å². The van der Waals surface area contributed by atoms with Crippen molar-refractivity contribution in [3.05, 3.63) is 18.5 Å². The summed E-state index contributed by atoms with van der Waals surface area (Å²) in [5.41, 5.74) is 8.46. The third-order valence-corrected chi connectivity index (χ3v) is 3.78. The Kier molecular flexibility index (Phi) is 3.55. The lowest BCUT2D eigenvalue weighted by molar-refractivity contribution is 0.173. The van der Waals surface area contributed by atoms with Crippen LogP contribution < -0.4 is 10.6 Å². The molecule has 1 aromatic heterocycles. The standard InChI is InChI=1S/C14H23N3/c1-3-6-14(7-4-2)10-17(11-14)13-5-8-16-9-12(13)15/h5,8-9H,3-4,6-7,10-11,15H2,1-2H3. The van der Waals surface area contributed by atoms with E-state index in [1.807, 2.05) is 12.3 Å². The van der Waals surface area contributed by atoms with Crippen molar-refractivity contribution in [1.29, 1.82) is 0 Å². The molecular weight excluding hydrogens is 210 g/mol. The molecule has 0 aliphatic carbocycles. The Balaban J connectivity index is 2.03. The van der Waals surface area contributed by atoms with Crippen molar-refractivity contribution in [2.45, 2.75) is 39.5 Å². The molecule has 17 heavy (non-hydrogen) atoms. The van der Waals surface area contributed by atoms with Gasteiger partial charge >= 0.3 is 0 Å². The van der Waals surface area contributed by atoms with Crippen LogP contribution in [0.25, 0.3) is 0 Å². The smallest absolute Gasteiger partial charge is 0.0738 e. The van der Waals surface area contributed by atoms with Gasteiger partial charge in [-0.3, -0.25) is 4.98 Å². The van der Waals surface area contributed by atoms with Crippen molar-refractivity contribution in [3.8, 4) is 0 Å². The molecule has 0 radical (unpaired) electrons. The van der Waals surface area contributed by atoms with Gasteiger partial charge in [0.1, 0.15) is 0 Å². The molecule has 1 aliphatic heterocycles. The largest absolute Gasteiger partial charge is 0.396 e. The van der Waals surface area contributed by atoms with E-state index in [-0.39, 0.29) is 0 Å². The fourth-order valence-electron chi connectivity index (χ4n) is 3.12. The van der Waals surface area contributed by atoms with Gasteiger partial charge in [0.15, 0.2) is 0 Å². The molecule has 0 unspecified atom stereocenters. The van der Waals surface area contributed by atoms with Crippen LogP contribution in [0.15, 0.2) is 18.5 Å². The van der Waals surface area contributed by atoms with Crippen molar-refractivity contribution in [2.75, 3.05) is 23.7 Å². The average Bonchev–Trinajstić information content (AvgIpc) is 2.26. The minimum absolute atomic E-state index is 0.541. The maximum atomic E-state index is 5.96. The maximum Gasteiger partial charge on any atom is 0.0738 e. The molecule has 0 saturated carbocycles. The first-order valence-corrected chi connectivity index (χ1v) is 6.65. The van der Waals surface area contributed by atoms with Gasteiger partial charge < -0.3 is 10.6 Å². The lowest BCUT2D eigenvalue weighted by Crippen LogP contribution is -2.56. The van der Waals surface area contributed by atoms with E-state index in [2.05, 4.69) is 23.7 Å². The zero-order valence-electron chi connectivity index (χ0n) is 10.9. The summed E-state index contributed by atoms with van der Waals surface area (Å²) in [6, 6.07) is 2.02. The normalized spacial score (nSPS) is 17.9. The molecule has 1 fully saturated rings. The molecule has 1 saturated heterocycles. The third kappa shape index (κ3) is 2.38. The number of nitrogen functional groups attached to an aromatic ring is 1. The summed E-state index contributed by atoms with van der Waals surface area (Å²) in [5, 5.41) is 0. The van der Waals surface area contributed by atoms with E-state index in [0.29, 0.717) is 5.41 Å². The Bertz CT molecular complexity index is 361. The van der Waals surface area contributed by atoms with Crippen LogP contribution in [0, 0.1) is 5.41 Å². The molecule has 0 atom stereocenters. The molecule has 0 amide bonds. The molecule has 1 aliphatic rings. The Morgan fingerprint density at radius 1 is 1.29 bits per heavy atom. The quantitative estimate of drug-likeness (QED) is 0.850. The fraction of sp³-hybridized carbons (Fsp3) is 0.643. The molecule has 0 bridgehead atoms.